The van der Waals surface area contributed by atoms with Gasteiger partial charge >= 0.3 is 0 Å². The van der Waals surface area contributed by atoms with Crippen LogP contribution in [0, 0.1) is 0 Å². The summed E-state index contributed by atoms with van der Waals surface area (Å²) in [7, 11) is 0. The van der Waals surface area contributed by atoms with Crippen LogP contribution in [0.1, 0.15) is 29.5 Å². The summed E-state index contributed by atoms with van der Waals surface area (Å²) in [5, 5.41) is 3.42. The number of rotatable bonds is 5. The van der Waals surface area contributed by atoms with Crippen LogP contribution >= 0.6 is 0 Å². The summed E-state index contributed by atoms with van der Waals surface area (Å²) in [4.78, 5) is 12.2. The van der Waals surface area contributed by atoms with Gasteiger partial charge in [-0.25, -0.2) is 0 Å². The second-order valence-electron chi connectivity index (χ2n) is 6.95. The van der Waals surface area contributed by atoms with Crippen LogP contribution in [0.4, 0.5) is 5.69 Å². The third-order valence-corrected chi connectivity index (χ3v) is 4.85. The molecule has 3 nitrogen and oxygen atoms in total. The van der Waals surface area contributed by atoms with Crippen molar-refractivity contribution in [1.29, 1.82) is 0 Å². The molecule has 0 amide bonds. The number of nitrogens with one attached hydrogen (secondary N) is 1. The summed E-state index contributed by atoms with van der Waals surface area (Å²) in [5.41, 5.74) is 4.42. The Labute approximate surface area is 165 Å². The van der Waals surface area contributed by atoms with Crippen molar-refractivity contribution in [3.05, 3.63) is 102 Å². The summed E-state index contributed by atoms with van der Waals surface area (Å²) in [6.45, 7) is 0.744. The van der Waals surface area contributed by atoms with E-state index in [1.165, 1.54) is 11.1 Å². The average Bonchev–Trinajstić information content (AvgIpc) is 2.72. The summed E-state index contributed by atoms with van der Waals surface area (Å²) < 4.78 is 6.18. The maximum absolute atomic E-state index is 12.2. The van der Waals surface area contributed by atoms with E-state index >= 15 is 0 Å². The summed E-state index contributed by atoms with van der Waals surface area (Å²) >= 11 is 0. The number of fused-ring (bicyclic) bond motifs is 1. The molecule has 28 heavy (non-hydrogen) atoms. The highest BCUT2D eigenvalue weighted by atomic mass is 16.5. The smallest absolute Gasteiger partial charge is 0.159 e. The molecule has 1 aliphatic carbocycles. The summed E-state index contributed by atoms with van der Waals surface area (Å²) in [5.74, 6) is 1.45. The van der Waals surface area contributed by atoms with Crippen LogP contribution in [0.15, 0.2) is 84.9 Å². The largest absolute Gasteiger partial charge is 0.457 e. The molecule has 140 valence electrons. The first kappa shape index (κ1) is 18.1. The zero-order valence-electron chi connectivity index (χ0n) is 15.7. The van der Waals surface area contributed by atoms with E-state index in [9.17, 15) is 4.79 Å². The van der Waals surface area contributed by atoms with E-state index in [1.807, 2.05) is 60.7 Å². The molecule has 1 N–H and O–H groups in total. The first-order valence-electron chi connectivity index (χ1n) is 9.66. The number of ether oxygens (including phenoxy) is 1. The SMILES string of the molecule is O=C1C=C(Oc2cccc(NCc3ccccc3)c2)c2ccccc2CCC1. The van der Waals surface area contributed by atoms with Gasteiger partial charge in [0.25, 0.3) is 0 Å². The number of benzene rings is 3. The fourth-order valence-corrected chi connectivity index (χ4v) is 3.41. The molecule has 3 aromatic carbocycles. The number of ketones is 1. The Balaban J connectivity index is 1.55. The molecule has 0 unspecified atom stereocenters. The quantitative estimate of drug-likeness (QED) is 0.634. The summed E-state index contributed by atoms with van der Waals surface area (Å²) in [6.07, 6.45) is 3.96. The van der Waals surface area contributed by atoms with Gasteiger partial charge in [-0.05, 0) is 36.1 Å². The average molecular weight is 369 g/mol. The van der Waals surface area contributed by atoms with Gasteiger partial charge in [0, 0.05) is 36.4 Å². The first-order chi connectivity index (χ1) is 13.8. The lowest BCUT2D eigenvalue weighted by atomic mass is 9.96. The monoisotopic (exact) mass is 369 g/mol. The molecule has 0 radical (unpaired) electrons. The van der Waals surface area contributed by atoms with E-state index in [4.69, 9.17) is 4.74 Å². The van der Waals surface area contributed by atoms with Gasteiger partial charge in [0.15, 0.2) is 5.78 Å². The second kappa shape index (κ2) is 8.57. The highest BCUT2D eigenvalue weighted by Gasteiger charge is 2.15. The van der Waals surface area contributed by atoms with Gasteiger partial charge in [-0.2, -0.15) is 0 Å². The van der Waals surface area contributed by atoms with Crippen molar-refractivity contribution in [3.8, 4) is 5.75 Å². The Hall–Kier alpha value is -3.33. The number of allylic oxidation sites excluding steroid dienone is 1. The van der Waals surface area contributed by atoms with Crippen molar-refractivity contribution in [2.75, 3.05) is 5.32 Å². The molecule has 3 heteroatoms. The van der Waals surface area contributed by atoms with E-state index in [2.05, 4.69) is 23.5 Å². The van der Waals surface area contributed by atoms with Crippen LogP contribution in [-0.2, 0) is 17.8 Å². The Bertz CT molecular complexity index is 992. The van der Waals surface area contributed by atoms with Crippen LogP contribution in [0.2, 0.25) is 0 Å². The molecule has 0 atom stereocenters. The van der Waals surface area contributed by atoms with Gasteiger partial charge in [0.05, 0.1) is 0 Å². The molecule has 0 bridgehead atoms. The number of carbonyl (C=O) groups is 1. The molecule has 0 spiro atoms. The molecule has 1 aliphatic rings. The van der Waals surface area contributed by atoms with Crippen molar-refractivity contribution >= 4 is 17.2 Å². The maximum Gasteiger partial charge on any atom is 0.159 e. The highest BCUT2D eigenvalue weighted by molar-refractivity contribution is 5.96. The molecule has 4 rings (SSSR count). The number of aryl methyl sites for hydroxylation is 1. The molecule has 0 aliphatic heterocycles. The number of anilines is 1. The van der Waals surface area contributed by atoms with Crippen LogP contribution < -0.4 is 10.1 Å². The molecular weight excluding hydrogens is 346 g/mol. The lowest BCUT2D eigenvalue weighted by Crippen LogP contribution is -2.07. The molecule has 0 heterocycles. The Kier molecular flexibility index (Phi) is 5.53. The molecule has 0 saturated carbocycles. The van der Waals surface area contributed by atoms with Crippen molar-refractivity contribution in [2.24, 2.45) is 0 Å². The topological polar surface area (TPSA) is 38.3 Å². The van der Waals surface area contributed by atoms with Crippen LogP contribution in [0.25, 0.3) is 5.76 Å². The fraction of sp³-hybridized carbons (Fsp3) is 0.160. The van der Waals surface area contributed by atoms with E-state index in [1.54, 1.807) is 6.08 Å². The van der Waals surface area contributed by atoms with E-state index < -0.39 is 0 Å². The number of carbonyl (C=O) groups excluding carboxylic acids is 1. The van der Waals surface area contributed by atoms with Crippen molar-refractivity contribution in [2.45, 2.75) is 25.8 Å². The number of hydrogen-bond acceptors (Lipinski definition) is 3. The zero-order chi connectivity index (χ0) is 19.2. The van der Waals surface area contributed by atoms with Crippen molar-refractivity contribution in [1.82, 2.24) is 0 Å². The number of hydrogen-bond donors (Lipinski definition) is 1. The summed E-state index contributed by atoms with van der Waals surface area (Å²) in [6, 6.07) is 26.3. The van der Waals surface area contributed by atoms with Gasteiger partial charge in [-0.3, -0.25) is 4.79 Å². The molecule has 3 aromatic rings. The zero-order valence-corrected chi connectivity index (χ0v) is 15.7. The Morgan fingerprint density at radius 3 is 2.57 bits per heavy atom. The lowest BCUT2D eigenvalue weighted by Gasteiger charge is -2.17. The minimum atomic E-state index is 0.114. The predicted octanol–water partition coefficient (Wildman–Crippen LogP) is 5.62. The fourth-order valence-electron chi connectivity index (χ4n) is 3.41. The second-order valence-corrected chi connectivity index (χ2v) is 6.95. The lowest BCUT2D eigenvalue weighted by molar-refractivity contribution is -0.114. The molecule has 0 fully saturated rings. The van der Waals surface area contributed by atoms with E-state index in [0.29, 0.717) is 17.9 Å². The normalized spacial score (nSPS) is 13.7. The van der Waals surface area contributed by atoms with E-state index in [0.717, 1.165) is 30.6 Å². The Morgan fingerprint density at radius 2 is 1.68 bits per heavy atom. The maximum atomic E-state index is 12.2. The third kappa shape index (κ3) is 4.49. The predicted molar refractivity (Wildman–Crippen MR) is 113 cm³/mol. The minimum absolute atomic E-state index is 0.114. The highest BCUT2D eigenvalue weighted by Crippen LogP contribution is 2.28. The first-order valence-corrected chi connectivity index (χ1v) is 9.66. The van der Waals surface area contributed by atoms with Gasteiger partial charge in [-0.15, -0.1) is 0 Å². The van der Waals surface area contributed by atoms with Gasteiger partial charge in [0.2, 0.25) is 0 Å². The van der Waals surface area contributed by atoms with Crippen LogP contribution in [0.3, 0.4) is 0 Å². The van der Waals surface area contributed by atoms with Crippen LogP contribution in [0.5, 0.6) is 5.75 Å². The third-order valence-electron chi connectivity index (χ3n) is 4.85. The standard InChI is InChI=1S/C25H23NO2/c27-22-13-6-11-20-10-4-5-15-24(20)25(17-22)28-23-14-7-12-21(16-23)26-18-19-8-2-1-3-9-19/h1-5,7-10,12,14-17,26H,6,11,13,18H2. The van der Waals surface area contributed by atoms with Gasteiger partial charge in [-0.1, -0.05) is 60.7 Å². The van der Waals surface area contributed by atoms with Gasteiger partial charge < -0.3 is 10.1 Å². The Morgan fingerprint density at radius 1 is 0.857 bits per heavy atom. The van der Waals surface area contributed by atoms with Crippen molar-refractivity contribution < 1.29 is 9.53 Å². The molecule has 0 saturated heterocycles. The molecule has 0 aromatic heterocycles. The van der Waals surface area contributed by atoms with E-state index in [-0.39, 0.29) is 5.78 Å². The molecular formula is C25H23NO2. The van der Waals surface area contributed by atoms with Crippen molar-refractivity contribution in [3.63, 3.8) is 0 Å². The van der Waals surface area contributed by atoms with Gasteiger partial charge in [0.1, 0.15) is 11.5 Å². The minimum Gasteiger partial charge on any atom is -0.457 e. The van der Waals surface area contributed by atoms with Crippen LogP contribution in [-0.4, -0.2) is 5.78 Å².